The lowest BCUT2D eigenvalue weighted by atomic mass is 9.95. The maximum atomic E-state index is 12.1. The van der Waals surface area contributed by atoms with E-state index in [4.69, 9.17) is 17.3 Å². The van der Waals surface area contributed by atoms with Crippen LogP contribution in [0, 0.1) is 0 Å². The largest absolute Gasteiger partial charge is 0.352 e. The van der Waals surface area contributed by atoms with E-state index in [0.29, 0.717) is 12.8 Å². The molecule has 0 aliphatic rings. The van der Waals surface area contributed by atoms with E-state index in [0.717, 1.165) is 17.0 Å². The van der Waals surface area contributed by atoms with Gasteiger partial charge in [0.25, 0.3) is 0 Å². The number of nitrogens with two attached hydrogens (primary N) is 1. The van der Waals surface area contributed by atoms with E-state index in [9.17, 15) is 4.79 Å². The van der Waals surface area contributed by atoms with Crippen LogP contribution < -0.4 is 11.1 Å². The van der Waals surface area contributed by atoms with E-state index in [1.165, 1.54) is 0 Å². The summed E-state index contributed by atoms with van der Waals surface area (Å²) >= 11 is 6.11. The van der Waals surface area contributed by atoms with Crippen molar-refractivity contribution in [2.75, 3.05) is 0 Å². The molecule has 1 rings (SSSR count). The number of hydrogen-bond donors (Lipinski definition) is 2. The van der Waals surface area contributed by atoms with E-state index < -0.39 is 5.54 Å². The van der Waals surface area contributed by atoms with Gasteiger partial charge in [0.1, 0.15) is 0 Å². The highest BCUT2D eigenvalue weighted by atomic mass is 35.5. The average molecular weight is 283 g/mol. The molecule has 0 saturated heterocycles. The van der Waals surface area contributed by atoms with Crippen molar-refractivity contribution in [3.63, 3.8) is 0 Å². The molecule has 0 spiro atoms. The molecule has 2 atom stereocenters. The van der Waals surface area contributed by atoms with Crippen molar-refractivity contribution < 1.29 is 4.79 Å². The van der Waals surface area contributed by atoms with Gasteiger partial charge in [-0.05, 0) is 38.3 Å². The summed E-state index contributed by atoms with van der Waals surface area (Å²) in [5.41, 5.74) is 6.24. The first-order valence-electron chi connectivity index (χ1n) is 6.70. The molecule has 1 amide bonds. The molecule has 4 heteroatoms. The van der Waals surface area contributed by atoms with E-state index >= 15 is 0 Å². The second-order valence-corrected chi connectivity index (χ2v) is 5.74. The number of amides is 1. The summed E-state index contributed by atoms with van der Waals surface area (Å²) in [5.74, 6) is -0.103. The van der Waals surface area contributed by atoms with Crippen molar-refractivity contribution in [2.24, 2.45) is 5.73 Å². The van der Waals surface area contributed by atoms with Gasteiger partial charge in [-0.2, -0.15) is 0 Å². The number of benzene rings is 1. The molecule has 1 aromatic carbocycles. The predicted octanol–water partition coefficient (Wildman–Crippen LogP) is 2.90. The molecule has 0 saturated carbocycles. The SMILES string of the molecule is CCCC(C)(N)C(=O)NC(C)Cc1ccccc1Cl. The molecule has 0 heterocycles. The number of halogens is 1. The van der Waals surface area contributed by atoms with Crippen molar-refractivity contribution in [1.82, 2.24) is 5.32 Å². The van der Waals surface area contributed by atoms with Crippen molar-refractivity contribution in [3.05, 3.63) is 34.9 Å². The molecule has 3 N–H and O–H groups in total. The fourth-order valence-corrected chi connectivity index (χ4v) is 2.28. The van der Waals surface area contributed by atoms with Gasteiger partial charge in [-0.1, -0.05) is 43.1 Å². The molecule has 0 aromatic heterocycles. The summed E-state index contributed by atoms with van der Waals surface area (Å²) in [6.07, 6.45) is 2.27. The molecular weight excluding hydrogens is 260 g/mol. The zero-order valence-corrected chi connectivity index (χ0v) is 12.6. The summed E-state index contributed by atoms with van der Waals surface area (Å²) in [6.45, 7) is 5.75. The third kappa shape index (κ3) is 4.84. The Balaban J connectivity index is 2.59. The minimum Gasteiger partial charge on any atom is -0.352 e. The number of nitrogens with one attached hydrogen (secondary N) is 1. The first-order chi connectivity index (χ1) is 8.86. The van der Waals surface area contributed by atoms with E-state index in [2.05, 4.69) is 5.32 Å². The van der Waals surface area contributed by atoms with Crippen LogP contribution in [0.1, 0.15) is 39.2 Å². The lowest BCUT2D eigenvalue weighted by Gasteiger charge is -2.25. The first kappa shape index (κ1) is 16.0. The van der Waals surface area contributed by atoms with Crippen LogP contribution >= 0.6 is 11.6 Å². The molecule has 0 bridgehead atoms. The van der Waals surface area contributed by atoms with Gasteiger partial charge in [0.15, 0.2) is 0 Å². The fourth-order valence-electron chi connectivity index (χ4n) is 2.07. The van der Waals surface area contributed by atoms with E-state index in [-0.39, 0.29) is 11.9 Å². The third-order valence-electron chi connectivity index (χ3n) is 3.15. The van der Waals surface area contributed by atoms with Gasteiger partial charge in [-0.25, -0.2) is 0 Å². The molecule has 2 unspecified atom stereocenters. The zero-order valence-electron chi connectivity index (χ0n) is 11.9. The second-order valence-electron chi connectivity index (χ2n) is 5.34. The Morgan fingerprint density at radius 1 is 1.47 bits per heavy atom. The Labute approximate surface area is 120 Å². The third-order valence-corrected chi connectivity index (χ3v) is 3.52. The lowest BCUT2D eigenvalue weighted by molar-refractivity contribution is -0.126. The normalized spacial score (nSPS) is 15.6. The molecular formula is C15H23ClN2O. The predicted molar refractivity (Wildman–Crippen MR) is 80.3 cm³/mol. The van der Waals surface area contributed by atoms with Gasteiger partial charge in [-0.15, -0.1) is 0 Å². The Bertz CT molecular complexity index is 432. The van der Waals surface area contributed by atoms with Gasteiger partial charge in [-0.3, -0.25) is 4.79 Å². The smallest absolute Gasteiger partial charge is 0.240 e. The molecule has 3 nitrogen and oxygen atoms in total. The van der Waals surface area contributed by atoms with Crippen LogP contribution in [0.3, 0.4) is 0 Å². The molecule has 0 aliphatic heterocycles. The van der Waals surface area contributed by atoms with Crippen molar-refractivity contribution in [1.29, 1.82) is 0 Å². The van der Waals surface area contributed by atoms with Crippen LogP contribution in [0.25, 0.3) is 0 Å². The molecule has 19 heavy (non-hydrogen) atoms. The van der Waals surface area contributed by atoms with Gasteiger partial charge >= 0.3 is 0 Å². The summed E-state index contributed by atoms with van der Waals surface area (Å²) in [4.78, 5) is 12.1. The van der Waals surface area contributed by atoms with Crippen LogP contribution in [0.2, 0.25) is 5.02 Å². The van der Waals surface area contributed by atoms with Crippen LogP contribution in [0.5, 0.6) is 0 Å². The highest BCUT2D eigenvalue weighted by molar-refractivity contribution is 6.31. The van der Waals surface area contributed by atoms with Gasteiger partial charge in [0, 0.05) is 11.1 Å². The quantitative estimate of drug-likeness (QED) is 0.843. The summed E-state index contributed by atoms with van der Waals surface area (Å²) < 4.78 is 0. The molecule has 0 radical (unpaired) electrons. The fraction of sp³-hybridized carbons (Fsp3) is 0.533. The molecule has 0 fully saturated rings. The number of rotatable bonds is 6. The second kappa shape index (κ2) is 6.92. The van der Waals surface area contributed by atoms with Gasteiger partial charge < -0.3 is 11.1 Å². The standard InChI is InChI=1S/C15H23ClN2O/c1-4-9-15(3,17)14(19)18-11(2)10-12-7-5-6-8-13(12)16/h5-8,11H,4,9-10,17H2,1-3H3,(H,18,19). The van der Waals surface area contributed by atoms with Crippen LogP contribution in [0.15, 0.2) is 24.3 Å². The van der Waals surface area contributed by atoms with Crippen LogP contribution in [-0.4, -0.2) is 17.5 Å². The highest BCUT2D eigenvalue weighted by Gasteiger charge is 2.28. The van der Waals surface area contributed by atoms with Gasteiger partial charge in [0.05, 0.1) is 5.54 Å². The highest BCUT2D eigenvalue weighted by Crippen LogP contribution is 2.17. The number of carbonyl (C=O) groups excluding carboxylic acids is 1. The monoisotopic (exact) mass is 282 g/mol. The maximum absolute atomic E-state index is 12.1. The summed E-state index contributed by atoms with van der Waals surface area (Å²) in [7, 11) is 0. The van der Waals surface area contributed by atoms with E-state index in [1.54, 1.807) is 6.92 Å². The summed E-state index contributed by atoms with van der Waals surface area (Å²) in [5, 5.41) is 3.69. The van der Waals surface area contributed by atoms with Crippen molar-refractivity contribution in [3.8, 4) is 0 Å². The van der Waals surface area contributed by atoms with Crippen LogP contribution in [0.4, 0.5) is 0 Å². The minimum absolute atomic E-state index is 0.00660. The number of carbonyl (C=O) groups is 1. The maximum Gasteiger partial charge on any atom is 0.240 e. The molecule has 106 valence electrons. The minimum atomic E-state index is -0.802. The van der Waals surface area contributed by atoms with Gasteiger partial charge in [0.2, 0.25) is 5.91 Å². The Hall–Kier alpha value is -1.06. The Morgan fingerprint density at radius 2 is 2.11 bits per heavy atom. The molecule has 1 aromatic rings. The summed E-state index contributed by atoms with van der Waals surface area (Å²) in [6, 6.07) is 7.67. The van der Waals surface area contributed by atoms with E-state index in [1.807, 2.05) is 38.1 Å². The zero-order chi connectivity index (χ0) is 14.5. The Kier molecular flexibility index (Phi) is 5.83. The Morgan fingerprint density at radius 3 is 2.68 bits per heavy atom. The van der Waals surface area contributed by atoms with Crippen LogP contribution in [-0.2, 0) is 11.2 Å². The molecule has 0 aliphatic carbocycles. The lowest BCUT2D eigenvalue weighted by Crippen LogP contribution is -2.53. The first-order valence-corrected chi connectivity index (χ1v) is 7.08. The van der Waals surface area contributed by atoms with Crippen molar-refractivity contribution >= 4 is 17.5 Å². The van der Waals surface area contributed by atoms with Crippen molar-refractivity contribution in [2.45, 2.75) is 51.6 Å². The average Bonchev–Trinajstić information content (AvgIpc) is 2.32. The topological polar surface area (TPSA) is 55.1 Å². The number of hydrogen-bond acceptors (Lipinski definition) is 2.